The summed E-state index contributed by atoms with van der Waals surface area (Å²) >= 11 is 0. The van der Waals surface area contributed by atoms with Crippen LogP contribution in [-0.2, 0) is 4.79 Å². The topological polar surface area (TPSA) is 84.2 Å². The molecule has 2 rings (SSSR count). The van der Waals surface area contributed by atoms with Crippen molar-refractivity contribution in [1.29, 1.82) is 0 Å². The number of fused-ring (bicyclic) bond motifs is 1. The van der Waals surface area contributed by atoms with Crippen LogP contribution in [0.25, 0.3) is 0 Å². The van der Waals surface area contributed by atoms with Crippen LogP contribution < -0.4 is 16.4 Å². The maximum absolute atomic E-state index is 11.4. The average Bonchev–Trinajstić information content (AvgIpc) is 2.61. The number of rotatable bonds is 2. The zero-order valence-electron chi connectivity index (χ0n) is 8.69. The highest BCUT2D eigenvalue weighted by molar-refractivity contribution is 5.94. The van der Waals surface area contributed by atoms with Crippen molar-refractivity contribution in [2.24, 2.45) is 5.73 Å². The van der Waals surface area contributed by atoms with E-state index in [1.54, 1.807) is 0 Å². The Kier molecular flexibility index (Phi) is 2.76. The van der Waals surface area contributed by atoms with E-state index in [9.17, 15) is 9.59 Å². The number of primary amides is 1. The molecule has 0 spiro atoms. The number of imide groups is 1. The second-order valence-corrected chi connectivity index (χ2v) is 3.78. The predicted octanol–water partition coefficient (Wildman–Crippen LogP) is 0.781. The van der Waals surface area contributed by atoms with Gasteiger partial charge in [0.25, 0.3) is 0 Å². The monoisotopic (exact) mass is 219 g/mol. The van der Waals surface area contributed by atoms with Crippen molar-refractivity contribution < 1.29 is 9.59 Å². The number of benzene rings is 1. The van der Waals surface area contributed by atoms with Crippen LogP contribution in [0.15, 0.2) is 24.3 Å². The Balaban J connectivity index is 2.03. The number of urea groups is 1. The maximum Gasteiger partial charge on any atom is 0.318 e. The van der Waals surface area contributed by atoms with Crippen LogP contribution >= 0.6 is 0 Å². The Bertz CT molecular complexity index is 431. The van der Waals surface area contributed by atoms with Gasteiger partial charge in [0, 0.05) is 24.6 Å². The molecular weight excluding hydrogens is 206 g/mol. The summed E-state index contributed by atoms with van der Waals surface area (Å²) < 4.78 is 0. The fraction of sp³-hybridized carbons (Fsp3) is 0.273. The summed E-state index contributed by atoms with van der Waals surface area (Å²) in [4.78, 5) is 21.9. The minimum atomic E-state index is -0.802. The molecule has 0 radical (unpaired) electrons. The molecule has 3 amide bonds. The summed E-state index contributed by atoms with van der Waals surface area (Å²) in [7, 11) is 0. The highest BCUT2D eigenvalue weighted by atomic mass is 16.2. The molecule has 1 heterocycles. The lowest BCUT2D eigenvalue weighted by molar-refractivity contribution is -0.120. The normalized spacial score (nSPS) is 17.4. The molecule has 4 N–H and O–H groups in total. The fourth-order valence-corrected chi connectivity index (χ4v) is 1.95. The highest BCUT2D eigenvalue weighted by Crippen LogP contribution is 2.32. The molecule has 84 valence electrons. The Morgan fingerprint density at radius 2 is 2.19 bits per heavy atom. The first kappa shape index (κ1) is 10.5. The molecule has 1 aliphatic heterocycles. The molecule has 1 aliphatic rings. The lowest BCUT2D eigenvalue weighted by Gasteiger charge is -2.08. The number of anilines is 1. The van der Waals surface area contributed by atoms with Crippen molar-refractivity contribution in [2.45, 2.75) is 12.3 Å². The van der Waals surface area contributed by atoms with Crippen molar-refractivity contribution in [2.75, 3.05) is 11.9 Å². The van der Waals surface area contributed by atoms with Gasteiger partial charge in [0.1, 0.15) is 0 Å². The minimum Gasteiger partial charge on any atom is -0.384 e. The third kappa shape index (κ3) is 2.13. The van der Waals surface area contributed by atoms with Crippen LogP contribution in [0.5, 0.6) is 0 Å². The van der Waals surface area contributed by atoms with Gasteiger partial charge in [-0.1, -0.05) is 18.2 Å². The van der Waals surface area contributed by atoms with Gasteiger partial charge in [-0.2, -0.15) is 0 Å². The summed E-state index contributed by atoms with van der Waals surface area (Å²) in [6.45, 7) is 0.714. The predicted molar refractivity (Wildman–Crippen MR) is 60.0 cm³/mol. The molecule has 1 aromatic carbocycles. The van der Waals surface area contributed by atoms with Gasteiger partial charge in [-0.25, -0.2) is 4.79 Å². The van der Waals surface area contributed by atoms with E-state index in [0.717, 1.165) is 11.3 Å². The molecule has 0 saturated heterocycles. The second kappa shape index (κ2) is 4.22. The minimum absolute atomic E-state index is 0.107. The molecular formula is C11H13N3O2. The van der Waals surface area contributed by atoms with Gasteiger partial charge in [-0.05, 0) is 11.6 Å². The average molecular weight is 219 g/mol. The Hall–Kier alpha value is -2.04. The summed E-state index contributed by atoms with van der Waals surface area (Å²) in [5, 5.41) is 5.29. The van der Waals surface area contributed by atoms with Crippen LogP contribution in [0.2, 0.25) is 0 Å². The maximum atomic E-state index is 11.4. The van der Waals surface area contributed by atoms with E-state index in [-0.39, 0.29) is 18.2 Å². The SMILES string of the molecule is NC(=O)NC(=O)CC1CNc2ccccc21. The molecule has 0 aliphatic carbocycles. The second-order valence-electron chi connectivity index (χ2n) is 3.78. The first-order chi connectivity index (χ1) is 7.66. The summed E-state index contributed by atoms with van der Waals surface area (Å²) in [6.07, 6.45) is 0.271. The zero-order chi connectivity index (χ0) is 11.5. The first-order valence-electron chi connectivity index (χ1n) is 5.09. The molecule has 1 unspecified atom stereocenters. The highest BCUT2D eigenvalue weighted by Gasteiger charge is 2.24. The van der Waals surface area contributed by atoms with Crippen LogP contribution in [0.4, 0.5) is 10.5 Å². The number of hydrogen-bond donors (Lipinski definition) is 3. The lowest BCUT2D eigenvalue weighted by atomic mass is 9.98. The molecule has 1 aromatic rings. The Morgan fingerprint density at radius 3 is 2.94 bits per heavy atom. The molecule has 0 fully saturated rings. The van der Waals surface area contributed by atoms with Crippen molar-refractivity contribution in [3.05, 3.63) is 29.8 Å². The number of hydrogen-bond acceptors (Lipinski definition) is 3. The van der Waals surface area contributed by atoms with Gasteiger partial charge >= 0.3 is 6.03 Å². The van der Waals surface area contributed by atoms with Gasteiger partial charge in [0.05, 0.1) is 0 Å². The number of carbonyl (C=O) groups is 2. The van der Waals surface area contributed by atoms with E-state index in [4.69, 9.17) is 5.73 Å². The van der Waals surface area contributed by atoms with E-state index in [1.807, 2.05) is 24.3 Å². The first-order valence-corrected chi connectivity index (χ1v) is 5.09. The van der Waals surface area contributed by atoms with Gasteiger partial charge in [-0.3, -0.25) is 10.1 Å². The van der Waals surface area contributed by atoms with Crippen LogP contribution in [0.3, 0.4) is 0 Å². The van der Waals surface area contributed by atoms with Crippen LogP contribution in [0.1, 0.15) is 17.9 Å². The van der Waals surface area contributed by atoms with E-state index in [1.165, 1.54) is 0 Å². The smallest absolute Gasteiger partial charge is 0.318 e. The third-order valence-electron chi connectivity index (χ3n) is 2.63. The molecule has 16 heavy (non-hydrogen) atoms. The number of carbonyl (C=O) groups excluding carboxylic acids is 2. The van der Waals surface area contributed by atoms with Crippen molar-refractivity contribution >= 4 is 17.6 Å². The summed E-state index contributed by atoms with van der Waals surface area (Å²) in [5.41, 5.74) is 7.04. The number of nitrogens with two attached hydrogens (primary N) is 1. The Labute approximate surface area is 93.0 Å². The zero-order valence-corrected chi connectivity index (χ0v) is 8.69. The molecule has 1 atom stereocenters. The summed E-state index contributed by atoms with van der Waals surface area (Å²) in [6, 6.07) is 7.03. The molecule has 5 heteroatoms. The molecule has 0 aromatic heterocycles. The van der Waals surface area contributed by atoms with E-state index in [0.29, 0.717) is 6.54 Å². The van der Waals surface area contributed by atoms with E-state index in [2.05, 4.69) is 10.6 Å². The van der Waals surface area contributed by atoms with Gasteiger partial charge < -0.3 is 11.1 Å². The third-order valence-corrected chi connectivity index (χ3v) is 2.63. The van der Waals surface area contributed by atoms with Crippen molar-refractivity contribution in [3.8, 4) is 0 Å². The van der Waals surface area contributed by atoms with Crippen LogP contribution in [0, 0.1) is 0 Å². The number of amides is 3. The number of para-hydroxylation sites is 1. The fourth-order valence-electron chi connectivity index (χ4n) is 1.95. The van der Waals surface area contributed by atoms with E-state index >= 15 is 0 Å². The van der Waals surface area contributed by atoms with Crippen molar-refractivity contribution in [1.82, 2.24) is 5.32 Å². The largest absolute Gasteiger partial charge is 0.384 e. The van der Waals surface area contributed by atoms with Crippen molar-refractivity contribution in [3.63, 3.8) is 0 Å². The lowest BCUT2D eigenvalue weighted by Crippen LogP contribution is -2.35. The summed E-state index contributed by atoms with van der Waals surface area (Å²) in [5.74, 6) is -0.230. The standard InChI is InChI=1S/C11H13N3O2/c12-11(16)14-10(15)5-7-6-13-9-4-2-1-3-8(7)9/h1-4,7,13H,5-6H2,(H3,12,14,15,16). The van der Waals surface area contributed by atoms with Gasteiger partial charge in [0.2, 0.25) is 5.91 Å². The van der Waals surface area contributed by atoms with Gasteiger partial charge in [-0.15, -0.1) is 0 Å². The Morgan fingerprint density at radius 1 is 1.44 bits per heavy atom. The molecule has 0 bridgehead atoms. The molecule has 0 saturated carbocycles. The molecule has 5 nitrogen and oxygen atoms in total. The quantitative estimate of drug-likeness (QED) is 0.687. The number of nitrogens with one attached hydrogen (secondary N) is 2. The van der Waals surface area contributed by atoms with Crippen LogP contribution in [-0.4, -0.2) is 18.5 Å². The van der Waals surface area contributed by atoms with E-state index < -0.39 is 6.03 Å². The van der Waals surface area contributed by atoms with Gasteiger partial charge in [0.15, 0.2) is 0 Å².